The van der Waals surface area contributed by atoms with Crippen molar-refractivity contribution in [3.8, 4) is 0 Å². The van der Waals surface area contributed by atoms with Gasteiger partial charge in [0.1, 0.15) is 9.84 Å². The summed E-state index contributed by atoms with van der Waals surface area (Å²) in [6, 6.07) is 0. The molecule has 0 saturated heterocycles. The number of nitrogens with zero attached hydrogens (tertiary/aromatic N) is 1. The second-order valence-corrected chi connectivity index (χ2v) is 7.37. The van der Waals surface area contributed by atoms with Crippen molar-refractivity contribution in [1.82, 2.24) is 10.2 Å². The van der Waals surface area contributed by atoms with Gasteiger partial charge in [-0.1, -0.05) is 0 Å². The lowest BCUT2D eigenvalue weighted by molar-refractivity contribution is 0.322. The maximum atomic E-state index is 10.9. The first-order valence-corrected chi connectivity index (χ1v) is 7.27. The molecule has 0 aromatic carbocycles. The van der Waals surface area contributed by atoms with E-state index in [-0.39, 0.29) is 11.3 Å². The van der Waals surface area contributed by atoms with Gasteiger partial charge in [-0.05, 0) is 27.8 Å². The number of hydrogen-bond acceptors (Lipinski definition) is 4. The van der Waals surface area contributed by atoms with Crippen LogP contribution in [0.2, 0.25) is 0 Å². The lowest BCUT2D eigenvalue weighted by Gasteiger charge is -2.23. The third kappa shape index (κ3) is 11.8. The summed E-state index contributed by atoms with van der Waals surface area (Å²) < 4.78 is 21.9. The molecule has 0 aliphatic rings. The SMILES string of the molecule is CN(CCNC(C)(C)C)CCS(C)(=O)=O. The molecule has 1 N–H and O–H groups in total. The van der Waals surface area contributed by atoms with Gasteiger partial charge in [-0.2, -0.15) is 0 Å². The van der Waals surface area contributed by atoms with Crippen molar-refractivity contribution in [3.05, 3.63) is 0 Å². The van der Waals surface area contributed by atoms with Crippen LogP contribution in [0.3, 0.4) is 0 Å². The Morgan fingerprint density at radius 2 is 1.73 bits per heavy atom. The molecule has 0 aromatic heterocycles. The molecule has 15 heavy (non-hydrogen) atoms. The zero-order chi connectivity index (χ0) is 12.1. The second kappa shape index (κ2) is 5.82. The Morgan fingerprint density at radius 1 is 1.20 bits per heavy atom. The van der Waals surface area contributed by atoms with Crippen LogP contribution in [-0.4, -0.2) is 57.5 Å². The number of likely N-dealkylation sites (N-methyl/N-ethyl adjacent to an activating group) is 1. The van der Waals surface area contributed by atoms with E-state index >= 15 is 0 Å². The zero-order valence-electron chi connectivity index (χ0n) is 10.5. The van der Waals surface area contributed by atoms with Gasteiger partial charge in [0.15, 0.2) is 0 Å². The largest absolute Gasteiger partial charge is 0.311 e. The van der Waals surface area contributed by atoms with Crippen LogP contribution >= 0.6 is 0 Å². The molecule has 0 aliphatic heterocycles. The Morgan fingerprint density at radius 3 is 2.13 bits per heavy atom. The van der Waals surface area contributed by atoms with Crippen LogP contribution in [-0.2, 0) is 9.84 Å². The first-order chi connectivity index (χ1) is 6.60. The van der Waals surface area contributed by atoms with Crippen molar-refractivity contribution >= 4 is 9.84 Å². The van der Waals surface area contributed by atoms with Gasteiger partial charge in [0.05, 0.1) is 5.75 Å². The molecule has 0 fully saturated rings. The molecule has 0 amide bonds. The monoisotopic (exact) mass is 236 g/mol. The number of sulfone groups is 1. The van der Waals surface area contributed by atoms with E-state index in [1.807, 2.05) is 11.9 Å². The number of hydrogen-bond donors (Lipinski definition) is 1. The van der Waals surface area contributed by atoms with Crippen LogP contribution < -0.4 is 5.32 Å². The van der Waals surface area contributed by atoms with Gasteiger partial charge in [0, 0.05) is 31.4 Å². The maximum absolute atomic E-state index is 10.9. The van der Waals surface area contributed by atoms with E-state index in [1.165, 1.54) is 6.26 Å². The zero-order valence-corrected chi connectivity index (χ0v) is 11.3. The third-order valence-electron chi connectivity index (χ3n) is 1.99. The molecule has 0 aromatic rings. The topological polar surface area (TPSA) is 49.4 Å². The van der Waals surface area contributed by atoms with E-state index in [9.17, 15) is 8.42 Å². The first kappa shape index (κ1) is 14.9. The van der Waals surface area contributed by atoms with Crippen molar-refractivity contribution in [2.45, 2.75) is 26.3 Å². The van der Waals surface area contributed by atoms with Gasteiger partial charge in [0.2, 0.25) is 0 Å². The highest BCUT2D eigenvalue weighted by Gasteiger charge is 2.09. The summed E-state index contributed by atoms with van der Waals surface area (Å²) >= 11 is 0. The van der Waals surface area contributed by atoms with Crippen molar-refractivity contribution < 1.29 is 8.42 Å². The molecule has 0 atom stereocenters. The van der Waals surface area contributed by atoms with Gasteiger partial charge in [-0.15, -0.1) is 0 Å². The van der Waals surface area contributed by atoms with Crippen LogP contribution in [0.15, 0.2) is 0 Å². The van der Waals surface area contributed by atoms with Crippen molar-refractivity contribution in [2.24, 2.45) is 0 Å². The van der Waals surface area contributed by atoms with Gasteiger partial charge >= 0.3 is 0 Å². The summed E-state index contributed by atoms with van der Waals surface area (Å²) in [6.45, 7) is 8.69. The molecule has 0 heterocycles. The highest BCUT2D eigenvalue weighted by atomic mass is 32.2. The fraction of sp³-hybridized carbons (Fsp3) is 1.00. The Hall–Kier alpha value is -0.130. The number of nitrogens with one attached hydrogen (secondary N) is 1. The van der Waals surface area contributed by atoms with E-state index in [4.69, 9.17) is 0 Å². The van der Waals surface area contributed by atoms with Crippen LogP contribution in [0, 0.1) is 0 Å². The molecule has 0 aliphatic carbocycles. The van der Waals surface area contributed by atoms with E-state index in [0.717, 1.165) is 13.1 Å². The summed E-state index contributed by atoms with van der Waals surface area (Å²) in [5.41, 5.74) is 0.123. The number of rotatable bonds is 6. The minimum atomic E-state index is -2.83. The average Bonchev–Trinajstić information content (AvgIpc) is 1.97. The lowest BCUT2D eigenvalue weighted by Crippen LogP contribution is -2.41. The van der Waals surface area contributed by atoms with Crippen LogP contribution in [0.1, 0.15) is 20.8 Å². The van der Waals surface area contributed by atoms with E-state index in [1.54, 1.807) is 0 Å². The summed E-state index contributed by atoms with van der Waals surface area (Å²) in [5.74, 6) is 0.235. The molecule has 0 radical (unpaired) electrons. The van der Waals surface area contributed by atoms with E-state index in [2.05, 4.69) is 26.1 Å². The van der Waals surface area contributed by atoms with Crippen LogP contribution in [0.5, 0.6) is 0 Å². The molecular weight excluding hydrogens is 212 g/mol. The summed E-state index contributed by atoms with van der Waals surface area (Å²) in [7, 11) is -0.895. The van der Waals surface area contributed by atoms with Gasteiger partial charge in [0.25, 0.3) is 0 Å². The molecule has 0 rings (SSSR count). The van der Waals surface area contributed by atoms with Crippen LogP contribution in [0.4, 0.5) is 0 Å². The van der Waals surface area contributed by atoms with E-state index in [0.29, 0.717) is 6.54 Å². The third-order valence-corrected chi connectivity index (χ3v) is 2.92. The Labute approximate surface area is 94.0 Å². The average molecular weight is 236 g/mol. The highest BCUT2D eigenvalue weighted by molar-refractivity contribution is 7.90. The van der Waals surface area contributed by atoms with Crippen molar-refractivity contribution in [3.63, 3.8) is 0 Å². The van der Waals surface area contributed by atoms with Crippen LogP contribution in [0.25, 0.3) is 0 Å². The first-order valence-electron chi connectivity index (χ1n) is 5.21. The highest BCUT2D eigenvalue weighted by Crippen LogP contribution is 1.97. The summed E-state index contributed by atoms with van der Waals surface area (Å²) in [4.78, 5) is 2.03. The van der Waals surface area contributed by atoms with Gasteiger partial charge < -0.3 is 10.2 Å². The van der Waals surface area contributed by atoms with Crippen molar-refractivity contribution in [1.29, 1.82) is 0 Å². The molecule has 4 nitrogen and oxygen atoms in total. The molecule has 5 heteroatoms. The Balaban J connectivity index is 3.63. The minimum absolute atomic E-state index is 0.123. The van der Waals surface area contributed by atoms with Gasteiger partial charge in [-0.3, -0.25) is 0 Å². The minimum Gasteiger partial charge on any atom is -0.311 e. The molecular formula is C10H24N2O2S. The van der Waals surface area contributed by atoms with Crippen molar-refractivity contribution in [2.75, 3.05) is 38.7 Å². The molecule has 0 unspecified atom stereocenters. The second-order valence-electron chi connectivity index (χ2n) is 5.11. The molecule has 0 spiro atoms. The molecule has 92 valence electrons. The lowest BCUT2D eigenvalue weighted by atomic mass is 10.1. The maximum Gasteiger partial charge on any atom is 0.148 e. The quantitative estimate of drug-likeness (QED) is 0.723. The van der Waals surface area contributed by atoms with E-state index < -0.39 is 9.84 Å². The molecule has 0 bridgehead atoms. The Bertz CT molecular complexity index is 268. The Kier molecular flexibility index (Phi) is 5.77. The standard InChI is InChI=1S/C10H24N2O2S/c1-10(2,3)11-6-7-12(4)8-9-15(5,13)14/h11H,6-9H2,1-5H3. The predicted octanol–water partition coefficient (Wildman–Crippen LogP) is 0.351. The fourth-order valence-electron chi connectivity index (χ4n) is 1.06. The molecule has 0 saturated carbocycles. The fourth-order valence-corrected chi connectivity index (χ4v) is 1.70. The smallest absolute Gasteiger partial charge is 0.148 e. The normalized spacial score (nSPS) is 13.5. The summed E-state index contributed by atoms with van der Waals surface area (Å²) in [5, 5.41) is 3.36. The predicted molar refractivity (Wildman–Crippen MR) is 65.0 cm³/mol. The summed E-state index contributed by atoms with van der Waals surface area (Å²) in [6.07, 6.45) is 1.27. The van der Waals surface area contributed by atoms with Gasteiger partial charge in [-0.25, -0.2) is 8.42 Å².